The molecule has 6 saturated heterocycles. The van der Waals surface area contributed by atoms with Gasteiger partial charge in [-0.3, -0.25) is 0 Å². The maximum atomic E-state index is 11.6. The van der Waals surface area contributed by atoms with Crippen LogP contribution in [-0.4, -0.2) is 326 Å². The Bertz CT molecular complexity index is 1500. The lowest BCUT2D eigenvalue weighted by atomic mass is 9.95. The molecule has 392 valence electrons. The van der Waals surface area contributed by atoms with E-state index in [0.717, 1.165) is 0 Å². The maximum absolute atomic E-state index is 11.6. The van der Waals surface area contributed by atoms with E-state index in [9.17, 15) is 102 Å². The number of aliphatic hydroxyl groups is 20. The first-order valence-corrected chi connectivity index (χ1v) is 21.1. The van der Waals surface area contributed by atoms with Gasteiger partial charge >= 0.3 is 0 Å². The number of aliphatic hydroxyl groups excluding tert-OH is 20. The van der Waals surface area contributed by atoms with E-state index in [1.54, 1.807) is 0 Å². The van der Waals surface area contributed by atoms with Crippen molar-refractivity contribution in [2.75, 3.05) is 39.6 Å². The van der Waals surface area contributed by atoms with Crippen LogP contribution in [0.3, 0.4) is 0 Å². The Balaban J connectivity index is 1.20. The van der Waals surface area contributed by atoms with Gasteiger partial charge in [-0.2, -0.15) is 0 Å². The summed E-state index contributed by atoms with van der Waals surface area (Å²) in [5.74, 6) is 0. The van der Waals surface area contributed by atoms with Crippen molar-refractivity contribution in [3.63, 3.8) is 0 Å². The van der Waals surface area contributed by atoms with Crippen molar-refractivity contribution in [1.29, 1.82) is 0 Å². The Hall–Kier alpha value is -1.24. The van der Waals surface area contributed by atoms with Gasteiger partial charge in [-0.25, -0.2) is 0 Å². The molecule has 6 rings (SSSR count). The summed E-state index contributed by atoms with van der Waals surface area (Å²) in [5, 5.41) is 210. The molecule has 0 spiro atoms. The van der Waals surface area contributed by atoms with Crippen LogP contribution in [0.2, 0.25) is 0 Å². The van der Waals surface area contributed by atoms with Gasteiger partial charge in [0, 0.05) is 0 Å². The average Bonchev–Trinajstić information content (AvgIpc) is 3.31. The molecule has 6 heterocycles. The van der Waals surface area contributed by atoms with Crippen molar-refractivity contribution in [3.05, 3.63) is 0 Å². The minimum atomic E-state index is -2.27. The molecular weight excluding hydrogens is 928 g/mol. The highest BCUT2D eigenvalue weighted by molar-refractivity contribution is 4.99. The Morgan fingerprint density at radius 3 is 0.896 bits per heavy atom. The summed E-state index contributed by atoms with van der Waals surface area (Å²) < 4.78 is 60.5. The average molecular weight is 991 g/mol. The molecule has 30 atom stereocenters. The molecule has 6 fully saturated rings. The predicted molar refractivity (Wildman–Crippen MR) is 199 cm³/mol. The standard InChI is InChI=1S/C36H62O31/c37-1-7-13(41)19(47)22(50)32(60-7)57-5-11-17(45)28(25(53)31(56)59-11)65-35-26(54)29(16(44)10(4-40)63-35)67-36-27(55)30(66-34-24(52)21(49)15(43)9(3-39)62-34)18(46)12(64-36)6-58-33-23(51)20(48)14(42)8(2-38)61-33/h7-56H,1-6H2/t7?,8?,9?,10?,11?,12?,13?,14?,15?,16?,17?,18-,19?,20?,21?,22?,23?,24?,25?,26?,27?,28?,29?,30?,31?,32?,33?,34?,35?,36?/m1/s1. The van der Waals surface area contributed by atoms with E-state index in [2.05, 4.69) is 0 Å². The summed E-state index contributed by atoms with van der Waals surface area (Å²) >= 11 is 0. The minimum absolute atomic E-state index is 0.790. The molecule has 31 heteroatoms. The summed E-state index contributed by atoms with van der Waals surface area (Å²) in [6, 6.07) is 0. The van der Waals surface area contributed by atoms with Crippen LogP contribution in [0.5, 0.6) is 0 Å². The molecule has 6 aliphatic heterocycles. The first-order chi connectivity index (χ1) is 31.7. The quantitative estimate of drug-likeness (QED) is 0.0683. The number of hydrogen-bond acceptors (Lipinski definition) is 31. The van der Waals surface area contributed by atoms with Crippen LogP contribution < -0.4 is 0 Å². The molecule has 0 aromatic carbocycles. The smallest absolute Gasteiger partial charge is 0.187 e. The van der Waals surface area contributed by atoms with Crippen LogP contribution in [0.4, 0.5) is 0 Å². The third-order valence-corrected chi connectivity index (χ3v) is 12.4. The molecule has 6 aliphatic rings. The van der Waals surface area contributed by atoms with Gasteiger partial charge in [0.15, 0.2) is 37.7 Å². The van der Waals surface area contributed by atoms with Crippen molar-refractivity contribution >= 4 is 0 Å². The minimum Gasteiger partial charge on any atom is -0.394 e. The van der Waals surface area contributed by atoms with Crippen LogP contribution in [0.1, 0.15) is 0 Å². The van der Waals surface area contributed by atoms with Crippen LogP contribution >= 0.6 is 0 Å². The van der Waals surface area contributed by atoms with Gasteiger partial charge in [0.05, 0.1) is 39.6 Å². The fourth-order valence-corrected chi connectivity index (χ4v) is 8.29. The van der Waals surface area contributed by atoms with E-state index in [1.165, 1.54) is 0 Å². The van der Waals surface area contributed by atoms with Gasteiger partial charge in [-0.15, -0.1) is 0 Å². The Labute approximate surface area is 378 Å². The highest BCUT2D eigenvalue weighted by atomic mass is 16.8. The van der Waals surface area contributed by atoms with Crippen LogP contribution in [0, 0.1) is 0 Å². The van der Waals surface area contributed by atoms with Crippen LogP contribution in [-0.2, 0) is 52.1 Å². The molecule has 0 aliphatic carbocycles. The van der Waals surface area contributed by atoms with Crippen molar-refractivity contribution in [2.45, 2.75) is 184 Å². The Kier molecular flexibility index (Phi) is 19.4. The Morgan fingerprint density at radius 1 is 0.254 bits per heavy atom. The molecule has 29 unspecified atom stereocenters. The molecule has 67 heavy (non-hydrogen) atoms. The van der Waals surface area contributed by atoms with Crippen LogP contribution in [0.15, 0.2) is 0 Å². The lowest BCUT2D eigenvalue weighted by molar-refractivity contribution is -0.393. The zero-order valence-electron chi connectivity index (χ0n) is 35.0. The molecule has 0 radical (unpaired) electrons. The third-order valence-electron chi connectivity index (χ3n) is 12.4. The van der Waals surface area contributed by atoms with Crippen molar-refractivity contribution < 1.29 is 154 Å². The van der Waals surface area contributed by atoms with E-state index in [-0.39, 0.29) is 0 Å². The molecule has 31 nitrogen and oxygen atoms in total. The summed E-state index contributed by atoms with van der Waals surface area (Å²) in [6.45, 7) is -5.31. The van der Waals surface area contributed by atoms with Crippen molar-refractivity contribution in [1.82, 2.24) is 0 Å². The first-order valence-electron chi connectivity index (χ1n) is 21.1. The number of ether oxygens (including phenoxy) is 11. The van der Waals surface area contributed by atoms with Crippen molar-refractivity contribution in [3.8, 4) is 0 Å². The zero-order chi connectivity index (χ0) is 49.3. The molecule has 0 aromatic heterocycles. The summed E-state index contributed by atoms with van der Waals surface area (Å²) in [4.78, 5) is 0. The second-order valence-electron chi connectivity index (χ2n) is 16.8. The largest absolute Gasteiger partial charge is 0.394 e. The fourth-order valence-electron chi connectivity index (χ4n) is 8.29. The lowest BCUT2D eigenvalue weighted by Crippen LogP contribution is -2.68. The lowest BCUT2D eigenvalue weighted by Gasteiger charge is -2.49. The second kappa shape index (κ2) is 23.5. The SMILES string of the molecule is OCC1OC(OCC2OC(O)C(O)C(OC3OC(CO)C(O)C(OC4OC(COC5OC(CO)C(O)C(O)C5O)[C@@H](O)C(OC5OC(CO)C(O)C(O)C5O)C4O)C3O)C2O)C(O)C(O)C1O. The number of rotatable bonds is 16. The monoisotopic (exact) mass is 990 g/mol. The molecule has 20 N–H and O–H groups in total. The first kappa shape index (κ1) is 55.1. The molecule has 0 saturated carbocycles. The highest BCUT2D eigenvalue weighted by Gasteiger charge is 2.56. The fraction of sp³-hybridized carbons (Fsp3) is 1.00. The highest BCUT2D eigenvalue weighted by Crippen LogP contribution is 2.35. The second-order valence-corrected chi connectivity index (χ2v) is 16.8. The van der Waals surface area contributed by atoms with E-state index in [0.29, 0.717) is 0 Å². The van der Waals surface area contributed by atoms with Crippen LogP contribution in [0.25, 0.3) is 0 Å². The molecule has 0 bridgehead atoms. The third kappa shape index (κ3) is 11.5. The van der Waals surface area contributed by atoms with E-state index < -0.39 is 224 Å². The molecule has 0 aromatic rings. The van der Waals surface area contributed by atoms with E-state index in [4.69, 9.17) is 52.1 Å². The normalized spacial score (nSPS) is 53.4. The van der Waals surface area contributed by atoms with E-state index in [1.807, 2.05) is 0 Å². The summed E-state index contributed by atoms with van der Waals surface area (Å²) in [5.41, 5.74) is 0. The summed E-state index contributed by atoms with van der Waals surface area (Å²) in [7, 11) is 0. The Morgan fingerprint density at radius 2 is 0.522 bits per heavy atom. The van der Waals surface area contributed by atoms with Gasteiger partial charge in [-0.05, 0) is 0 Å². The van der Waals surface area contributed by atoms with Crippen molar-refractivity contribution in [2.24, 2.45) is 0 Å². The molecule has 0 amide bonds. The van der Waals surface area contributed by atoms with Gasteiger partial charge in [0.25, 0.3) is 0 Å². The summed E-state index contributed by atoms with van der Waals surface area (Å²) in [6.07, 6.45) is -57.8. The predicted octanol–water partition coefficient (Wildman–Crippen LogP) is -14.1. The van der Waals surface area contributed by atoms with Gasteiger partial charge in [-0.1, -0.05) is 0 Å². The van der Waals surface area contributed by atoms with Gasteiger partial charge < -0.3 is 154 Å². The maximum Gasteiger partial charge on any atom is 0.187 e. The zero-order valence-corrected chi connectivity index (χ0v) is 35.0. The van der Waals surface area contributed by atoms with E-state index >= 15 is 0 Å². The molecular formula is C36H62O31. The topological polar surface area (TPSA) is 506 Å². The number of hydrogen-bond donors (Lipinski definition) is 20. The van der Waals surface area contributed by atoms with Gasteiger partial charge in [0.1, 0.15) is 146 Å². The van der Waals surface area contributed by atoms with Gasteiger partial charge in [0.2, 0.25) is 0 Å².